The van der Waals surface area contributed by atoms with Crippen LogP contribution in [0.4, 0.5) is 0 Å². The highest BCUT2D eigenvalue weighted by atomic mass is 14.2. The van der Waals surface area contributed by atoms with Gasteiger partial charge in [0.25, 0.3) is 0 Å². The van der Waals surface area contributed by atoms with E-state index < -0.39 is 0 Å². The third kappa shape index (κ3) is 1.74. The van der Waals surface area contributed by atoms with Gasteiger partial charge in [0.05, 0.1) is 0 Å². The van der Waals surface area contributed by atoms with Crippen LogP contribution >= 0.6 is 0 Å². The average Bonchev–Trinajstić information content (AvgIpc) is 2.37. The van der Waals surface area contributed by atoms with Gasteiger partial charge >= 0.3 is 0 Å². The molecule has 1 saturated carbocycles. The van der Waals surface area contributed by atoms with E-state index in [2.05, 4.69) is 14.8 Å². The van der Waals surface area contributed by atoms with Crippen LogP contribution in [0, 0.1) is 5.92 Å². The molecule has 1 atom stereocenters. The molecule has 0 radical (unpaired) electrons. The van der Waals surface area contributed by atoms with Crippen LogP contribution < -0.4 is 0 Å². The summed E-state index contributed by atoms with van der Waals surface area (Å²) in [5.41, 5.74) is 0. The minimum Gasteiger partial charge on any atom is -0.0672 e. The van der Waals surface area contributed by atoms with E-state index in [4.69, 9.17) is 0 Å². The fourth-order valence-electron chi connectivity index (χ4n) is 1.86. The lowest BCUT2D eigenvalue weighted by Gasteiger charge is -2.15. The summed E-state index contributed by atoms with van der Waals surface area (Å²) in [5.74, 6) is 2.07. The van der Waals surface area contributed by atoms with Crippen molar-refractivity contribution < 1.29 is 0 Å². The minimum absolute atomic E-state index is 0.993. The summed E-state index contributed by atoms with van der Waals surface area (Å²) < 4.78 is 0. The maximum absolute atomic E-state index is 2.40. The minimum atomic E-state index is 0.993. The molecule has 1 unspecified atom stereocenters. The Morgan fingerprint density at radius 1 is 1.44 bits per heavy atom. The van der Waals surface area contributed by atoms with Gasteiger partial charge in [-0.3, -0.25) is 0 Å². The van der Waals surface area contributed by atoms with Crippen molar-refractivity contribution in [2.45, 2.75) is 44.8 Å². The second-order valence-electron chi connectivity index (χ2n) is 3.43. The van der Waals surface area contributed by atoms with Crippen LogP contribution in [0.25, 0.3) is 0 Å². The van der Waals surface area contributed by atoms with Crippen molar-refractivity contribution in [1.29, 1.82) is 0 Å². The topological polar surface area (TPSA) is 0 Å². The molecule has 0 aromatic heterocycles. The van der Waals surface area contributed by atoms with Crippen LogP contribution in [-0.2, 0) is 0 Å². The van der Waals surface area contributed by atoms with Crippen LogP contribution in [0.1, 0.15) is 39.0 Å². The molecule has 0 saturated heterocycles. The predicted molar refractivity (Wildman–Crippen MR) is 44.5 cm³/mol. The zero-order valence-corrected chi connectivity index (χ0v) is 6.69. The Morgan fingerprint density at radius 2 is 2.00 bits per heavy atom. The van der Waals surface area contributed by atoms with E-state index in [1.807, 2.05) is 0 Å². The van der Waals surface area contributed by atoms with Crippen molar-refractivity contribution in [2.24, 2.45) is 5.92 Å². The Kier molecular flexibility index (Phi) is 2.62. The lowest BCUT2D eigenvalue weighted by molar-refractivity contribution is 0.497. The molecule has 1 heteroatoms. The summed E-state index contributed by atoms with van der Waals surface area (Å²) >= 11 is 0. The maximum Gasteiger partial charge on any atom is 0.105 e. The molecule has 0 aromatic carbocycles. The Bertz CT molecular complexity index is 74.6. The summed E-state index contributed by atoms with van der Waals surface area (Å²) in [6, 6.07) is 0. The van der Waals surface area contributed by atoms with Gasteiger partial charge in [-0.2, -0.15) is 0 Å². The first-order chi connectivity index (χ1) is 4.34. The molecule has 52 valence electrons. The predicted octanol–water partition coefficient (Wildman–Crippen LogP) is 2.01. The molecule has 0 spiro atoms. The summed E-state index contributed by atoms with van der Waals surface area (Å²) in [5, 5.41) is 0. The highest BCUT2D eigenvalue weighted by Crippen LogP contribution is 2.34. The van der Waals surface area contributed by atoms with Crippen LogP contribution in [0.3, 0.4) is 0 Å². The molecule has 1 fully saturated rings. The Hall–Kier alpha value is 0.0649. The molecule has 1 aliphatic carbocycles. The third-order valence-corrected chi connectivity index (χ3v) is 2.85. The molecule has 0 amide bonds. The van der Waals surface area contributed by atoms with Crippen molar-refractivity contribution in [1.82, 2.24) is 0 Å². The number of hydrogen-bond acceptors (Lipinski definition) is 0. The van der Waals surface area contributed by atoms with Gasteiger partial charge in [0, 0.05) is 0 Å². The van der Waals surface area contributed by atoms with Crippen LogP contribution in [0.2, 0.25) is 5.82 Å². The molecule has 0 bridgehead atoms. The van der Waals surface area contributed by atoms with E-state index in [9.17, 15) is 0 Å². The molecule has 0 aliphatic heterocycles. The molecule has 1 aliphatic rings. The quantitative estimate of drug-likeness (QED) is 0.494. The molecular weight excluding hydrogens is 107 g/mol. The van der Waals surface area contributed by atoms with Crippen molar-refractivity contribution >= 4 is 7.85 Å². The van der Waals surface area contributed by atoms with Gasteiger partial charge in [-0.25, -0.2) is 0 Å². The van der Waals surface area contributed by atoms with Crippen molar-refractivity contribution in [3.8, 4) is 0 Å². The first-order valence-electron chi connectivity index (χ1n) is 4.34. The summed E-state index contributed by atoms with van der Waals surface area (Å²) in [6.45, 7) is 2.31. The zero-order chi connectivity index (χ0) is 6.69. The van der Waals surface area contributed by atoms with E-state index in [-0.39, 0.29) is 0 Å². The summed E-state index contributed by atoms with van der Waals surface area (Å²) in [7, 11) is 2.40. The van der Waals surface area contributed by atoms with Crippen molar-refractivity contribution in [3.05, 3.63) is 0 Å². The molecule has 0 nitrogen and oxygen atoms in total. The molecule has 9 heavy (non-hydrogen) atoms. The van der Waals surface area contributed by atoms with E-state index in [0.717, 1.165) is 11.7 Å². The van der Waals surface area contributed by atoms with Crippen molar-refractivity contribution in [3.63, 3.8) is 0 Å². The fourth-order valence-corrected chi connectivity index (χ4v) is 1.86. The standard InChI is InChI=1S/C8H17B/c1-2-8(9)7-5-3-4-6-7/h7-8H,2-6,9H2,1H3. The van der Waals surface area contributed by atoms with Crippen LogP contribution in [0.5, 0.6) is 0 Å². The molecule has 0 heterocycles. The lowest BCUT2D eigenvalue weighted by atomic mass is 9.74. The number of rotatable bonds is 2. The van der Waals surface area contributed by atoms with Crippen LogP contribution in [0.15, 0.2) is 0 Å². The van der Waals surface area contributed by atoms with Crippen molar-refractivity contribution in [2.75, 3.05) is 0 Å². The highest BCUT2D eigenvalue weighted by Gasteiger charge is 2.19. The third-order valence-electron chi connectivity index (χ3n) is 2.85. The normalized spacial score (nSPS) is 24.6. The van der Waals surface area contributed by atoms with E-state index in [1.54, 1.807) is 0 Å². The lowest BCUT2D eigenvalue weighted by Crippen LogP contribution is -2.03. The Morgan fingerprint density at radius 3 is 2.44 bits per heavy atom. The van der Waals surface area contributed by atoms with Gasteiger partial charge in [-0.15, -0.1) is 0 Å². The van der Waals surface area contributed by atoms with Crippen LogP contribution in [-0.4, -0.2) is 7.85 Å². The zero-order valence-electron chi connectivity index (χ0n) is 6.69. The van der Waals surface area contributed by atoms with Gasteiger partial charge < -0.3 is 0 Å². The Labute approximate surface area is 59.4 Å². The van der Waals surface area contributed by atoms with Gasteiger partial charge in [-0.05, 0) is 5.92 Å². The SMILES string of the molecule is BC(CC)C1CCCC1. The largest absolute Gasteiger partial charge is 0.105 e. The second kappa shape index (κ2) is 3.29. The molecular formula is C8H17B. The average molecular weight is 124 g/mol. The molecule has 1 rings (SSSR count). The monoisotopic (exact) mass is 124 g/mol. The fraction of sp³-hybridized carbons (Fsp3) is 1.00. The van der Waals surface area contributed by atoms with Gasteiger partial charge in [0.1, 0.15) is 7.85 Å². The molecule has 0 aromatic rings. The first kappa shape index (κ1) is 7.18. The summed E-state index contributed by atoms with van der Waals surface area (Å²) in [4.78, 5) is 0. The second-order valence-corrected chi connectivity index (χ2v) is 3.43. The van der Waals surface area contributed by atoms with E-state index >= 15 is 0 Å². The number of hydrogen-bond donors (Lipinski definition) is 0. The maximum atomic E-state index is 2.40. The first-order valence-corrected chi connectivity index (χ1v) is 4.34. The van der Waals surface area contributed by atoms with Gasteiger partial charge in [0.2, 0.25) is 0 Å². The highest BCUT2D eigenvalue weighted by molar-refractivity contribution is 6.11. The van der Waals surface area contributed by atoms with E-state index in [1.165, 1.54) is 32.1 Å². The smallest absolute Gasteiger partial charge is 0.0672 e. The van der Waals surface area contributed by atoms with E-state index in [0.29, 0.717) is 0 Å². The van der Waals surface area contributed by atoms with Gasteiger partial charge in [0.15, 0.2) is 0 Å². The summed E-state index contributed by atoms with van der Waals surface area (Å²) in [6.07, 6.45) is 7.39. The Balaban J connectivity index is 2.24. The van der Waals surface area contributed by atoms with Gasteiger partial charge in [-0.1, -0.05) is 44.8 Å². The molecule has 0 N–H and O–H groups in total.